The lowest BCUT2D eigenvalue weighted by Gasteiger charge is -2.20. The zero-order valence-electron chi connectivity index (χ0n) is 8.95. The van der Waals surface area contributed by atoms with Crippen LogP contribution in [0.4, 0.5) is 5.69 Å². The molecule has 1 aliphatic rings. The van der Waals surface area contributed by atoms with Crippen molar-refractivity contribution in [3.05, 3.63) is 24.3 Å². The van der Waals surface area contributed by atoms with Crippen LogP contribution in [0, 0.1) is 5.92 Å². The minimum atomic E-state index is 0.586. The Kier molecular flexibility index (Phi) is 3.16. The number of nitrogens with zero attached hydrogens (tertiary/aromatic N) is 1. The van der Waals surface area contributed by atoms with E-state index in [1.165, 1.54) is 4.90 Å². The van der Waals surface area contributed by atoms with Crippen LogP contribution < -0.4 is 10.0 Å². The zero-order valence-corrected chi connectivity index (χ0v) is 9.77. The van der Waals surface area contributed by atoms with Gasteiger partial charge in [-0.25, -0.2) is 0 Å². The number of hydrogen-bond donors (Lipinski definition) is 2. The molecule has 80 valence electrons. The van der Waals surface area contributed by atoms with E-state index < -0.39 is 0 Å². The summed E-state index contributed by atoms with van der Waals surface area (Å²) in [5.74, 6) is 1.44. The first-order chi connectivity index (χ1) is 7.25. The molecule has 0 bridgehead atoms. The largest absolute Gasteiger partial charge is 0.325 e. The van der Waals surface area contributed by atoms with Crippen LogP contribution in [0.5, 0.6) is 0 Å². The van der Waals surface area contributed by atoms with E-state index in [1.54, 1.807) is 11.9 Å². The van der Waals surface area contributed by atoms with Crippen molar-refractivity contribution in [1.29, 1.82) is 0 Å². The summed E-state index contributed by atoms with van der Waals surface area (Å²) in [5, 5.41) is 3.27. The fraction of sp³-hybridized carbons (Fsp3) is 0.364. The van der Waals surface area contributed by atoms with Gasteiger partial charge in [0.2, 0.25) is 5.96 Å². The second kappa shape index (κ2) is 4.57. The average Bonchev–Trinajstić information content (AvgIpc) is 2.26. The van der Waals surface area contributed by atoms with Gasteiger partial charge >= 0.3 is 0 Å². The highest BCUT2D eigenvalue weighted by Crippen LogP contribution is 2.27. The smallest absolute Gasteiger partial charge is 0.206 e. The highest BCUT2D eigenvalue weighted by molar-refractivity contribution is 7.98. The molecule has 0 aromatic heterocycles. The molecule has 0 radical (unpaired) electrons. The lowest BCUT2D eigenvalue weighted by Crippen LogP contribution is -2.29. The Morgan fingerprint density at radius 2 is 2.13 bits per heavy atom. The lowest BCUT2D eigenvalue weighted by molar-refractivity contribution is 0.664. The summed E-state index contributed by atoms with van der Waals surface area (Å²) >= 11 is 1.61. The van der Waals surface area contributed by atoms with Gasteiger partial charge in [0.15, 0.2) is 0 Å². The van der Waals surface area contributed by atoms with E-state index in [9.17, 15) is 0 Å². The number of para-hydroxylation sites is 1. The van der Waals surface area contributed by atoms with E-state index in [-0.39, 0.29) is 0 Å². The Balaban J connectivity index is 2.08. The molecule has 0 aliphatic carbocycles. The molecule has 2 N–H and O–H groups in total. The molecule has 15 heavy (non-hydrogen) atoms. The number of nitrogens with one attached hydrogen (secondary N) is 2. The van der Waals surface area contributed by atoms with Crippen molar-refractivity contribution in [2.24, 2.45) is 10.9 Å². The van der Waals surface area contributed by atoms with E-state index in [2.05, 4.69) is 41.0 Å². The molecule has 0 amide bonds. The molecule has 0 saturated carbocycles. The minimum absolute atomic E-state index is 0.586. The third-order valence-corrected chi connectivity index (χ3v) is 2.88. The summed E-state index contributed by atoms with van der Waals surface area (Å²) < 4.78 is 3.19. The second-order valence-corrected chi connectivity index (χ2v) is 4.76. The summed E-state index contributed by atoms with van der Waals surface area (Å²) in [5.41, 5.74) is 1.13. The first-order valence-electron chi connectivity index (χ1n) is 5.09. The fourth-order valence-electron chi connectivity index (χ4n) is 1.26. The molecule has 1 heterocycles. The Morgan fingerprint density at radius 3 is 2.93 bits per heavy atom. The number of rotatable bonds is 2. The number of aliphatic imine (C=N–C) groups is 1. The van der Waals surface area contributed by atoms with Crippen molar-refractivity contribution in [3.63, 3.8) is 0 Å². The number of benzene rings is 1. The topological polar surface area (TPSA) is 36.4 Å². The van der Waals surface area contributed by atoms with Crippen LogP contribution in [-0.4, -0.2) is 12.5 Å². The van der Waals surface area contributed by atoms with Gasteiger partial charge in [-0.2, -0.15) is 0 Å². The van der Waals surface area contributed by atoms with E-state index in [4.69, 9.17) is 0 Å². The molecule has 2 rings (SSSR count). The quantitative estimate of drug-likeness (QED) is 0.754. The highest BCUT2D eigenvalue weighted by Gasteiger charge is 2.11. The number of guanidine groups is 1. The van der Waals surface area contributed by atoms with Gasteiger partial charge in [-0.05, 0) is 30.0 Å². The SMILES string of the molecule is CC(C)CN=C1NSc2ccccc2N1. The van der Waals surface area contributed by atoms with Crippen LogP contribution in [0.25, 0.3) is 0 Å². The molecule has 0 unspecified atom stereocenters. The summed E-state index contributed by atoms with van der Waals surface area (Å²) in [7, 11) is 0. The summed E-state index contributed by atoms with van der Waals surface area (Å²) in [6.45, 7) is 5.17. The summed E-state index contributed by atoms with van der Waals surface area (Å²) in [6.07, 6.45) is 0. The molecule has 1 aromatic carbocycles. The van der Waals surface area contributed by atoms with Crippen molar-refractivity contribution < 1.29 is 0 Å². The van der Waals surface area contributed by atoms with Crippen LogP contribution in [-0.2, 0) is 0 Å². The van der Waals surface area contributed by atoms with Gasteiger partial charge in [0.05, 0.1) is 10.6 Å². The maximum atomic E-state index is 4.46. The maximum Gasteiger partial charge on any atom is 0.206 e. The van der Waals surface area contributed by atoms with E-state index in [0.717, 1.165) is 18.2 Å². The normalized spacial score (nSPS) is 17.1. The third kappa shape index (κ3) is 2.65. The lowest BCUT2D eigenvalue weighted by atomic mass is 10.2. The van der Waals surface area contributed by atoms with Crippen molar-refractivity contribution in [2.75, 3.05) is 11.9 Å². The molecule has 0 spiro atoms. The van der Waals surface area contributed by atoms with Crippen LogP contribution >= 0.6 is 11.9 Å². The number of anilines is 1. The Hall–Kier alpha value is -1.16. The molecule has 1 aliphatic heterocycles. The third-order valence-electron chi connectivity index (χ3n) is 2.01. The second-order valence-electron chi connectivity index (χ2n) is 3.91. The first kappa shape index (κ1) is 10.4. The van der Waals surface area contributed by atoms with Gasteiger partial charge in [0.25, 0.3) is 0 Å². The molecular weight excluding hydrogens is 206 g/mol. The fourth-order valence-corrected chi connectivity index (χ4v) is 1.96. The van der Waals surface area contributed by atoms with Gasteiger partial charge in [0, 0.05) is 6.54 Å². The van der Waals surface area contributed by atoms with E-state index >= 15 is 0 Å². The molecule has 0 fully saturated rings. The predicted octanol–water partition coefficient (Wildman–Crippen LogP) is 2.72. The van der Waals surface area contributed by atoms with Gasteiger partial charge in [0.1, 0.15) is 0 Å². The van der Waals surface area contributed by atoms with Crippen LogP contribution in [0.3, 0.4) is 0 Å². The van der Waals surface area contributed by atoms with E-state index in [0.29, 0.717) is 5.92 Å². The highest BCUT2D eigenvalue weighted by atomic mass is 32.2. The van der Waals surface area contributed by atoms with E-state index in [1.807, 2.05) is 12.1 Å². The maximum absolute atomic E-state index is 4.46. The van der Waals surface area contributed by atoms with Gasteiger partial charge in [-0.1, -0.05) is 26.0 Å². The molecule has 0 saturated heterocycles. The number of hydrogen-bond acceptors (Lipinski definition) is 2. The van der Waals surface area contributed by atoms with Gasteiger partial charge in [-0.15, -0.1) is 0 Å². The van der Waals surface area contributed by atoms with Crippen molar-refractivity contribution in [3.8, 4) is 0 Å². The molecular formula is C11H15N3S. The van der Waals surface area contributed by atoms with Crippen molar-refractivity contribution >= 4 is 23.6 Å². The van der Waals surface area contributed by atoms with Crippen LogP contribution in [0.15, 0.2) is 34.2 Å². The minimum Gasteiger partial charge on any atom is -0.325 e. The Labute approximate surface area is 94.5 Å². The molecule has 1 aromatic rings. The molecule has 4 heteroatoms. The van der Waals surface area contributed by atoms with Crippen LogP contribution in [0.1, 0.15) is 13.8 Å². The van der Waals surface area contributed by atoms with Crippen molar-refractivity contribution in [2.45, 2.75) is 18.7 Å². The summed E-state index contributed by atoms with van der Waals surface area (Å²) in [6, 6.07) is 8.20. The monoisotopic (exact) mass is 221 g/mol. The summed E-state index contributed by atoms with van der Waals surface area (Å²) in [4.78, 5) is 5.66. The van der Waals surface area contributed by atoms with Crippen molar-refractivity contribution in [1.82, 2.24) is 4.72 Å². The van der Waals surface area contributed by atoms with Gasteiger partial charge in [-0.3, -0.25) is 9.71 Å². The first-order valence-corrected chi connectivity index (χ1v) is 5.90. The molecule has 3 nitrogen and oxygen atoms in total. The van der Waals surface area contributed by atoms with Gasteiger partial charge < -0.3 is 5.32 Å². The standard InChI is InChI=1S/C11H15N3S/c1-8(2)7-12-11-13-9-5-3-4-6-10(9)15-14-11/h3-6,8H,7H2,1-2H3,(H2,12,13,14). The molecule has 0 atom stereocenters. The number of fused-ring (bicyclic) bond motifs is 1. The predicted molar refractivity (Wildman–Crippen MR) is 66.2 cm³/mol. The van der Waals surface area contributed by atoms with Crippen LogP contribution in [0.2, 0.25) is 0 Å². The zero-order chi connectivity index (χ0) is 10.7. The average molecular weight is 221 g/mol. The Bertz CT molecular complexity index is 374. The Morgan fingerprint density at radius 1 is 1.33 bits per heavy atom.